The summed E-state index contributed by atoms with van der Waals surface area (Å²) in [6.07, 6.45) is 1.90. The molecule has 2 aliphatic rings. The number of aryl methyl sites for hydroxylation is 1. The number of hydrogen-bond acceptors (Lipinski definition) is 4. The van der Waals surface area contributed by atoms with Gasteiger partial charge in [0, 0.05) is 25.2 Å². The Morgan fingerprint density at radius 3 is 2.70 bits per heavy atom. The SMILES string of the molecule is Cc1ccc(S(=O)(=O)N2CCC3(CCNC3)C2)cc1C(N)=O.Cl. The van der Waals surface area contributed by atoms with E-state index in [2.05, 4.69) is 5.32 Å². The number of rotatable bonds is 3. The molecule has 2 aliphatic heterocycles. The van der Waals surface area contributed by atoms with Gasteiger partial charge in [0.2, 0.25) is 15.9 Å². The van der Waals surface area contributed by atoms with E-state index in [1.165, 1.54) is 10.4 Å². The lowest BCUT2D eigenvalue weighted by molar-refractivity contribution is 0.0999. The number of carbonyl (C=O) groups excluding carboxylic acids is 1. The molecule has 1 amide bonds. The fourth-order valence-electron chi connectivity index (χ4n) is 3.42. The van der Waals surface area contributed by atoms with Crippen molar-refractivity contribution in [1.29, 1.82) is 0 Å². The lowest BCUT2D eigenvalue weighted by Crippen LogP contribution is -2.33. The van der Waals surface area contributed by atoms with E-state index in [-0.39, 0.29) is 28.3 Å². The Bertz CT molecular complexity index is 715. The van der Waals surface area contributed by atoms with Crippen LogP contribution in [-0.2, 0) is 10.0 Å². The highest BCUT2D eigenvalue weighted by Crippen LogP contribution is 2.38. The van der Waals surface area contributed by atoms with Gasteiger partial charge in [-0.15, -0.1) is 12.4 Å². The van der Waals surface area contributed by atoms with Crippen LogP contribution in [0, 0.1) is 12.3 Å². The van der Waals surface area contributed by atoms with E-state index in [0.29, 0.717) is 18.7 Å². The molecule has 8 heteroatoms. The Labute approximate surface area is 142 Å². The first-order chi connectivity index (χ1) is 10.3. The number of carbonyl (C=O) groups is 1. The second-order valence-electron chi connectivity index (χ2n) is 6.36. The van der Waals surface area contributed by atoms with E-state index in [1.54, 1.807) is 19.1 Å². The quantitative estimate of drug-likeness (QED) is 0.838. The van der Waals surface area contributed by atoms with Crippen molar-refractivity contribution in [3.63, 3.8) is 0 Å². The van der Waals surface area contributed by atoms with E-state index in [1.807, 2.05) is 0 Å². The van der Waals surface area contributed by atoms with Crippen molar-refractivity contribution < 1.29 is 13.2 Å². The fourth-order valence-corrected chi connectivity index (χ4v) is 5.00. The predicted molar refractivity (Wildman–Crippen MR) is 90.2 cm³/mol. The van der Waals surface area contributed by atoms with Crippen LogP contribution >= 0.6 is 12.4 Å². The second kappa shape index (κ2) is 6.39. The predicted octanol–water partition coefficient (Wildman–Crippen LogP) is 0.890. The maximum atomic E-state index is 12.8. The van der Waals surface area contributed by atoms with Crippen molar-refractivity contribution in [3.05, 3.63) is 29.3 Å². The zero-order valence-electron chi connectivity index (χ0n) is 13.0. The highest BCUT2D eigenvalue weighted by molar-refractivity contribution is 7.89. The summed E-state index contributed by atoms with van der Waals surface area (Å²) < 4.78 is 27.2. The van der Waals surface area contributed by atoms with Crippen LogP contribution in [-0.4, -0.2) is 44.8 Å². The number of primary amides is 1. The Kier molecular flexibility index (Phi) is 5.06. The van der Waals surface area contributed by atoms with Gasteiger partial charge < -0.3 is 11.1 Å². The highest BCUT2D eigenvalue weighted by Gasteiger charge is 2.44. The van der Waals surface area contributed by atoms with Gasteiger partial charge in [-0.2, -0.15) is 4.31 Å². The van der Waals surface area contributed by atoms with Gasteiger partial charge in [0.05, 0.1) is 4.90 Å². The minimum atomic E-state index is -3.58. The Morgan fingerprint density at radius 1 is 1.35 bits per heavy atom. The van der Waals surface area contributed by atoms with Crippen LogP contribution in [0.3, 0.4) is 0 Å². The molecule has 6 nitrogen and oxygen atoms in total. The molecule has 3 rings (SSSR count). The zero-order valence-corrected chi connectivity index (χ0v) is 14.7. The molecule has 1 unspecified atom stereocenters. The number of nitrogens with two attached hydrogens (primary N) is 1. The van der Waals surface area contributed by atoms with Crippen molar-refractivity contribution in [1.82, 2.24) is 9.62 Å². The van der Waals surface area contributed by atoms with Crippen LogP contribution < -0.4 is 11.1 Å². The van der Waals surface area contributed by atoms with Gasteiger partial charge in [-0.3, -0.25) is 4.79 Å². The number of sulfonamides is 1. The van der Waals surface area contributed by atoms with Crippen molar-refractivity contribution in [2.24, 2.45) is 11.1 Å². The number of nitrogens with zero attached hydrogens (tertiary/aromatic N) is 1. The smallest absolute Gasteiger partial charge is 0.249 e. The van der Waals surface area contributed by atoms with Crippen LogP contribution in [0.2, 0.25) is 0 Å². The van der Waals surface area contributed by atoms with Crippen LogP contribution in [0.5, 0.6) is 0 Å². The molecular weight excluding hydrogens is 338 g/mol. The first-order valence-electron chi connectivity index (χ1n) is 7.45. The Balaban J connectivity index is 0.00000192. The van der Waals surface area contributed by atoms with Gasteiger partial charge in [0.15, 0.2) is 0 Å². The molecule has 1 aromatic carbocycles. The summed E-state index contributed by atoms with van der Waals surface area (Å²) in [4.78, 5) is 11.6. The fraction of sp³-hybridized carbons (Fsp3) is 0.533. The van der Waals surface area contributed by atoms with Gasteiger partial charge in [-0.1, -0.05) is 6.07 Å². The molecule has 0 radical (unpaired) electrons. The second-order valence-corrected chi connectivity index (χ2v) is 8.29. The van der Waals surface area contributed by atoms with Crippen LogP contribution in [0.25, 0.3) is 0 Å². The lowest BCUT2D eigenvalue weighted by Gasteiger charge is -2.22. The topological polar surface area (TPSA) is 92.5 Å². The van der Waals surface area contributed by atoms with Crippen LogP contribution in [0.1, 0.15) is 28.8 Å². The maximum Gasteiger partial charge on any atom is 0.249 e. The van der Waals surface area contributed by atoms with Crippen LogP contribution in [0.15, 0.2) is 23.1 Å². The van der Waals surface area contributed by atoms with E-state index in [9.17, 15) is 13.2 Å². The number of benzene rings is 1. The summed E-state index contributed by atoms with van der Waals surface area (Å²) in [7, 11) is -3.58. The third-order valence-electron chi connectivity index (χ3n) is 4.85. The third-order valence-corrected chi connectivity index (χ3v) is 6.69. The summed E-state index contributed by atoms with van der Waals surface area (Å²) in [6, 6.07) is 4.58. The van der Waals surface area contributed by atoms with Gasteiger partial charge in [-0.05, 0) is 49.4 Å². The molecule has 2 fully saturated rings. The van der Waals surface area contributed by atoms with E-state index in [0.717, 1.165) is 25.9 Å². The summed E-state index contributed by atoms with van der Waals surface area (Å²) in [5, 5.41) is 3.32. The van der Waals surface area contributed by atoms with Gasteiger partial charge in [-0.25, -0.2) is 8.42 Å². The van der Waals surface area contributed by atoms with E-state index < -0.39 is 15.9 Å². The molecule has 2 heterocycles. The first-order valence-corrected chi connectivity index (χ1v) is 8.89. The highest BCUT2D eigenvalue weighted by atomic mass is 35.5. The summed E-state index contributed by atoms with van der Waals surface area (Å²) >= 11 is 0. The average molecular weight is 360 g/mol. The molecule has 0 aromatic heterocycles. The molecule has 23 heavy (non-hydrogen) atoms. The first kappa shape index (κ1) is 18.2. The largest absolute Gasteiger partial charge is 0.366 e. The molecule has 1 aromatic rings. The standard InChI is InChI=1S/C15H21N3O3S.ClH/c1-11-2-3-12(8-13(11)14(16)19)22(20,21)18-7-5-15(10-18)4-6-17-9-15;/h2-3,8,17H,4-7,9-10H2,1H3,(H2,16,19);1H. The molecule has 0 saturated carbocycles. The van der Waals surface area contributed by atoms with Gasteiger partial charge >= 0.3 is 0 Å². The van der Waals surface area contributed by atoms with Gasteiger partial charge in [0.25, 0.3) is 0 Å². The molecule has 0 bridgehead atoms. The molecule has 128 valence electrons. The van der Waals surface area contributed by atoms with Crippen LogP contribution in [0.4, 0.5) is 0 Å². The Morgan fingerprint density at radius 2 is 2.09 bits per heavy atom. The van der Waals surface area contributed by atoms with Gasteiger partial charge in [0.1, 0.15) is 0 Å². The number of amides is 1. The molecule has 1 spiro atoms. The monoisotopic (exact) mass is 359 g/mol. The number of halogens is 1. The summed E-state index contributed by atoms with van der Waals surface area (Å²) in [6.45, 7) is 4.64. The number of nitrogens with one attached hydrogen (secondary N) is 1. The molecular formula is C15H22ClN3O3S. The molecule has 2 saturated heterocycles. The molecule has 3 N–H and O–H groups in total. The minimum Gasteiger partial charge on any atom is -0.366 e. The molecule has 0 aliphatic carbocycles. The Hall–Kier alpha value is -1.15. The minimum absolute atomic E-state index is 0. The lowest BCUT2D eigenvalue weighted by atomic mass is 9.87. The maximum absolute atomic E-state index is 12.8. The van der Waals surface area contributed by atoms with Crippen molar-refractivity contribution in [2.75, 3.05) is 26.2 Å². The van der Waals surface area contributed by atoms with Crippen molar-refractivity contribution in [2.45, 2.75) is 24.7 Å². The zero-order chi connectivity index (χ0) is 16.0. The van der Waals surface area contributed by atoms with Crippen molar-refractivity contribution >= 4 is 28.3 Å². The van der Waals surface area contributed by atoms with Crippen molar-refractivity contribution in [3.8, 4) is 0 Å². The normalized spacial score (nSPS) is 24.7. The van der Waals surface area contributed by atoms with E-state index in [4.69, 9.17) is 5.73 Å². The average Bonchev–Trinajstić information content (AvgIpc) is 3.10. The third kappa shape index (κ3) is 3.24. The summed E-state index contributed by atoms with van der Waals surface area (Å²) in [5.74, 6) is -0.604. The molecule has 1 atom stereocenters. The van der Waals surface area contributed by atoms with E-state index >= 15 is 0 Å². The summed E-state index contributed by atoms with van der Waals surface area (Å²) in [5.41, 5.74) is 6.34. The number of hydrogen-bond donors (Lipinski definition) is 2.